The minimum absolute atomic E-state index is 0.0590. The van der Waals surface area contributed by atoms with Gasteiger partial charge in [-0.15, -0.1) is 0 Å². The fraction of sp³-hybridized carbons (Fsp3) is 0.143. The van der Waals surface area contributed by atoms with Crippen molar-refractivity contribution in [1.82, 2.24) is 10.2 Å². The molecule has 2 amide bonds. The van der Waals surface area contributed by atoms with Gasteiger partial charge in [-0.25, -0.2) is 0 Å². The van der Waals surface area contributed by atoms with E-state index in [1.165, 1.54) is 4.90 Å². The molecule has 0 atom stereocenters. The molecule has 0 aliphatic heterocycles. The van der Waals surface area contributed by atoms with Gasteiger partial charge in [0.15, 0.2) is 0 Å². The second kappa shape index (κ2) is 8.16. The lowest BCUT2D eigenvalue weighted by molar-refractivity contribution is -0.129. The molecule has 0 saturated heterocycles. The molecule has 0 spiro atoms. The highest BCUT2D eigenvalue weighted by Gasteiger charge is 2.13. The predicted octanol–water partition coefficient (Wildman–Crippen LogP) is 3.34. The first kappa shape index (κ1) is 17.5. The molecular weight excluding hydrogens is 328 g/mol. The zero-order valence-electron chi connectivity index (χ0n) is 14.5. The van der Waals surface area contributed by atoms with E-state index in [0.29, 0.717) is 17.9 Å². The van der Waals surface area contributed by atoms with Gasteiger partial charge >= 0.3 is 0 Å². The van der Waals surface area contributed by atoms with Crippen molar-refractivity contribution in [2.75, 3.05) is 13.6 Å². The lowest BCUT2D eigenvalue weighted by Crippen LogP contribution is -2.37. The van der Waals surface area contributed by atoms with Gasteiger partial charge in [0.05, 0.1) is 19.4 Å². The molecule has 5 nitrogen and oxygen atoms in total. The summed E-state index contributed by atoms with van der Waals surface area (Å²) < 4.78 is 5.22. The summed E-state index contributed by atoms with van der Waals surface area (Å²) in [5.74, 6) is 0.240. The molecule has 0 aliphatic carbocycles. The van der Waals surface area contributed by atoms with E-state index in [0.717, 1.165) is 11.1 Å². The Kier molecular flexibility index (Phi) is 5.49. The van der Waals surface area contributed by atoms with Gasteiger partial charge in [-0.05, 0) is 35.4 Å². The average Bonchev–Trinajstić information content (AvgIpc) is 3.19. The van der Waals surface area contributed by atoms with Crippen LogP contribution in [0.1, 0.15) is 16.1 Å². The van der Waals surface area contributed by atoms with Crippen molar-refractivity contribution < 1.29 is 14.0 Å². The van der Waals surface area contributed by atoms with Crippen molar-refractivity contribution in [2.24, 2.45) is 0 Å². The van der Waals surface area contributed by atoms with E-state index in [2.05, 4.69) is 5.32 Å². The fourth-order valence-electron chi connectivity index (χ4n) is 2.56. The van der Waals surface area contributed by atoms with Crippen LogP contribution in [0.5, 0.6) is 0 Å². The Morgan fingerprint density at radius 1 is 0.923 bits per heavy atom. The van der Waals surface area contributed by atoms with Gasteiger partial charge in [0.2, 0.25) is 5.91 Å². The molecule has 1 N–H and O–H groups in total. The zero-order valence-corrected chi connectivity index (χ0v) is 14.5. The molecule has 5 heteroatoms. The summed E-state index contributed by atoms with van der Waals surface area (Å²) in [5.41, 5.74) is 2.65. The Balaban J connectivity index is 1.54. The van der Waals surface area contributed by atoms with Gasteiger partial charge in [0, 0.05) is 12.6 Å². The van der Waals surface area contributed by atoms with Crippen LogP contribution in [0.25, 0.3) is 11.1 Å². The minimum Gasteiger partial charge on any atom is -0.467 e. The third kappa shape index (κ3) is 4.39. The maximum Gasteiger partial charge on any atom is 0.251 e. The van der Waals surface area contributed by atoms with Crippen LogP contribution in [-0.2, 0) is 11.3 Å². The van der Waals surface area contributed by atoms with Crippen LogP contribution in [0.3, 0.4) is 0 Å². The predicted molar refractivity (Wildman–Crippen MR) is 99.4 cm³/mol. The molecule has 0 unspecified atom stereocenters. The molecule has 26 heavy (non-hydrogen) atoms. The molecule has 0 radical (unpaired) electrons. The highest BCUT2D eigenvalue weighted by atomic mass is 16.3. The Morgan fingerprint density at radius 3 is 2.27 bits per heavy atom. The zero-order chi connectivity index (χ0) is 18.4. The quantitative estimate of drug-likeness (QED) is 0.743. The van der Waals surface area contributed by atoms with Crippen LogP contribution in [0.4, 0.5) is 0 Å². The number of carbonyl (C=O) groups excluding carboxylic acids is 2. The summed E-state index contributed by atoms with van der Waals surface area (Å²) in [5, 5.41) is 2.66. The van der Waals surface area contributed by atoms with Crippen molar-refractivity contribution >= 4 is 11.8 Å². The van der Waals surface area contributed by atoms with Crippen molar-refractivity contribution in [3.63, 3.8) is 0 Å². The van der Waals surface area contributed by atoms with Crippen LogP contribution >= 0.6 is 0 Å². The largest absolute Gasteiger partial charge is 0.467 e. The molecule has 132 valence electrons. The lowest BCUT2D eigenvalue weighted by Gasteiger charge is -2.16. The van der Waals surface area contributed by atoms with Gasteiger partial charge in [-0.3, -0.25) is 9.59 Å². The van der Waals surface area contributed by atoms with E-state index in [1.807, 2.05) is 42.5 Å². The topological polar surface area (TPSA) is 62.6 Å². The van der Waals surface area contributed by atoms with Gasteiger partial charge in [0.1, 0.15) is 5.76 Å². The van der Waals surface area contributed by atoms with Gasteiger partial charge in [-0.2, -0.15) is 0 Å². The number of rotatable bonds is 6. The lowest BCUT2D eigenvalue weighted by atomic mass is 10.0. The van der Waals surface area contributed by atoms with Crippen molar-refractivity contribution in [1.29, 1.82) is 0 Å². The monoisotopic (exact) mass is 348 g/mol. The molecule has 1 heterocycles. The van der Waals surface area contributed by atoms with Crippen LogP contribution in [-0.4, -0.2) is 30.3 Å². The first-order valence-electron chi connectivity index (χ1n) is 8.33. The number of hydrogen-bond acceptors (Lipinski definition) is 3. The molecule has 0 bridgehead atoms. The fourth-order valence-corrected chi connectivity index (χ4v) is 2.56. The summed E-state index contributed by atoms with van der Waals surface area (Å²) in [7, 11) is 1.67. The number of furan rings is 1. The third-order valence-corrected chi connectivity index (χ3v) is 4.05. The van der Waals surface area contributed by atoms with Crippen molar-refractivity contribution in [3.05, 3.63) is 84.3 Å². The minimum atomic E-state index is -0.274. The molecule has 3 aromatic rings. The Hall–Kier alpha value is -3.34. The third-order valence-electron chi connectivity index (χ3n) is 4.05. The van der Waals surface area contributed by atoms with Crippen LogP contribution in [0.2, 0.25) is 0 Å². The van der Waals surface area contributed by atoms with Gasteiger partial charge in [0.25, 0.3) is 5.91 Å². The Morgan fingerprint density at radius 2 is 1.62 bits per heavy atom. The standard InChI is InChI=1S/C21H20N2O3/c1-23(15-19-8-5-13-26-19)20(24)14-22-21(25)18-11-9-17(10-12-18)16-6-3-2-4-7-16/h2-13H,14-15H2,1H3,(H,22,25). The van der Waals surface area contributed by atoms with Crippen molar-refractivity contribution in [3.8, 4) is 11.1 Å². The molecular formula is C21H20N2O3. The number of nitrogens with one attached hydrogen (secondary N) is 1. The number of amides is 2. The second-order valence-electron chi connectivity index (χ2n) is 5.96. The highest BCUT2D eigenvalue weighted by Crippen LogP contribution is 2.19. The van der Waals surface area contributed by atoms with Crippen LogP contribution in [0, 0.1) is 0 Å². The number of hydrogen-bond donors (Lipinski definition) is 1. The van der Waals surface area contributed by atoms with Crippen LogP contribution in [0.15, 0.2) is 77.4 Å². The summed E-state index contributed by atoms with van der Waals surface area (Å²) in [6.07, 6.45) is 1.56. The second-order valence-corrected chi connectivity index (χ2v) is 5.96. The van der Waals surface area contributed by atoms with E-state index in [1.54, 1.807) is 37.6 Å². The van der Waals surface area contributed by atoms with Gasteiger partial charge in [-0.1, -0.05) is 42.5 Å². The highest BCUT2D eigenvalue weighted by molar-refractivity contribution is 5.96. The maximum atomic E-state index is 12.2. The number of benzene rings is 2. The smallest absolute Gasteiger partial charge is 0.251 e. The number of likely N-dealkylation sites (N-methyl/N-ethyl adjacent to an activating group) is 1. The SMILES string of the molecule is CN(Cc1ccco1)C(=O)CNC(=O)c1ccc(-c2ccccc2)cc1. The molecule has 0 fully saturated rings. The number of carbonyl (C=O) groups is 2. The Bertz CT molecular complexity index is 856. The van der Waals surface area contributed by atoms with Crippen molar-refractivity contribution in [2.45, 2.75) is 6.54 Å². The maximum absolute atomic E-state index is 12.2. The molecule has 3 rings (SSSR count). The summed E-state index contributed by atoms with van der Waals surface area (Å²) in [6.45, 7) is 0.309. The summed E-state index contributed by atoms with van der Waals surface area (Å²) >= 11 is 0. The summed E-state index contributed by atoms with van der Waals surface area (Å²) in [6, 6.07) is 20.8. The molecule has 1 aromatic heterocycles. The normalized spacial score (nSPS) is 10.3. The molecule has 0 aliphatic rings. The van der Waals surface area contributed by atoms with E-state index in [4.69, 9.17) is 4.42 Å². The molecule has 2 aromatic carbocycles. The van der Waals surface area contributed by atoms with Gasteiger partial charge < -0.3 is 14.6 Å². The van der Waals surface area contributed by atoms with E-state index in [-0.39, 0.29) is 18.4 Å². The van der Waals surface area contributed by atoms with E-state index in [9.17, 15) is 9.59 Å². The van der Waals surface area contributed by atoms with E-state index < -0.39 is 0 Å². The molecule has 0 saturated carbocycles. The summed E-state index contributed by atoms with van der Waals surface area (Å²) in [4.78, 5) is 25.9. The van der Waals surface area contributed by atoms with E-state index >= 15 is 0 Å². The first-order chi connectivity index (χ1) is 12.6. The Labute approximate surface area is 152 Å². The first-order valence-corrected chi connectivity index (χ1v) is 8.33. The average molecular weight is 348 g/mol. The number of nitrogens with zero attached hydrogens (tertiary/aromatic N) is 1. The van der Waals surface area contributed by atoms with Crippen LogP contribution < -0.4 is 5.32 Å².